The van der Waals surface area contributed by atoms with E-state index in [2.05, 4.69) is 17.3 Å². The average Bonchev–Trinajstić information content (AvgIpc) is 2.54. The second-order valence-electron chi connectivity index (χ2n) is 3.28. The maximum Gasteiger partial charge on any atom is 0.0549 e. The molecule has 3 rings (SSSR count). The van der Waals surface area contributed by atoms with E-state index < -0.39 is 0 Å². The minimum atomic E-state index is 0.708. The second kappa shape index (κ2) is 0.755. The first-order valence-corrected chi connectivity index (χ1v) is 3.31. The smallest absolute Gasteiger partial charge is 0.0549 e. The molecule has 0 bridgehead atoms. The molecule has 3 aliphatic rings. The van der Waals surface area contributed by atoms with Crippen LogP contribution >= 0.6 is 0 Å². The first kappa shape index (κ1) is 3.85. The van der Waals surface area contributed by atoms with Gasteiger partial charge in [0.15, 0.2) is 0 Å². The minimum absolute atomic E-state index is 0.708. The molecule has 0 aromatic rings. The molecule has 2 aliphatic heterocycles. The van der Waals surface area contributed by atoms with Crippen LogP contribution in [0.2, 0.25) is 0 Å². The molecular formula is C6H10N2. The summed E-state index contributed by atoms with van der Waals surface area (Å²) in [4.78, 5) is 2.48. The van der Waals surface area contributed by atoms with Gasteiger partial charge in [-0.25, -0.2) is 0 Å². The van der Waals surface area contributed by atoms with Gasteiger partial charge < -0.3 is 5.32 Å². The van der Waals surface area contributed by atoms with Crippen LogP contribution in [0, 0.1) is 5.92 Å². The summed E-state index contributed by atoms with van der Waals surface area (Å²) in [6.45, 7) is 2.55. The van der Waals surface area contributed by atoms with E-state index in [-0.39, 0.29) is 0 Å². The van der Waals surface area contributed by atoms with E-state index in [4.69, 9.17) is 0 Å². The Kier molecular flexibility index (Phi) is 0.364. The van der Waals surface area contributed by atoms with Crippen LogP contribution in [0.5, 0.6) is 0 Å². The molecule has 1 aliphatic carbocycles. The van der Waals surface area contributed by atoms with Crippen LogP contribution in [-0.4, -0.2) is 36.6 Å². The molecule has 2 nitrogen and oxygen atoms in total. The highest BCUT2D eigenvalue weighted by Crippen LogP contribution is 2.68. The number of piperidine rings is 1. The van der Waals surface area contributed by atoms with Gasteiger partial charge in [0.1, 0.15) is 0 Å². The molecule has 1 N–H and O–H groups in total. The zero-order valence-corrected chi connectivity index (χ0v) is 5.02. The third kappa shape index (κ3) is 0.171. The number of rotatable bonds is 0. The Hall–Kier alpha value is -0.0800. The van der Waals surface area contributed by atoms with Gasteiger partial charge in [-0.15, -0.1) is 0 Å². The van der Waals surface area contributed by atoms with Crippen LogP contribution in [0.25, 0.3) is 0 Å². The van der Waals surface area contributed by atoms with Crippen molar-refractivity contribution < 1.29 is 0 Å². The van der Waals surface area contributed by atoms with Crippen LogP contribution in [0.15, 0.2) is 0 Å². The SMILES string of the molecule is CN1C2C3CNCC321. The number of hydrogen-bond donors (Lipinski definition) is 1. The predicted octanol–water partition coefficient (Wildman–Crippen LogP) is -0.728. The van der Waals surface area contributed by atoms with Crippen molar-refractivity contribution in [1.82, 2.24) is 10.2 Å². The quantitative estimate of drug-likeness (QED) is 0.414. The molecule has 3 fully saturated rings. The highest BCUT2D eigenvalue weighted by Gasteiger charge is 2.85. The van der Waals surface area contributed by atoms with Gasteiger partial charge in [-0.05, 0) is 7.05 Å². The van der Waals surface area contributed by atoms with Gasteiger partial charge in [-0.1, -0.05) is 0 Å². The third-order valence-corrected chi connectivity index (χ3v) is 3.20. The maximum absolute atomic E-state index is 3.39. The minimum Gasteiger partial charge on any atom is -0.314 e. The number of nitrogens with zero attached hydrogens (tertiary/aromatic N) is 1. The highest BCUT2D eigenvalue weighted by atomic mass is 15.5. The Balaban J connectivity index is 1.98. The zero-order valence-electron chi connectivity index (χ0n) is 5.02. The van der Waals surface area contributed by atoms with Crippen LogP contribution in [0.4, 0.5) is 0 Å². The lowest BCUT2D eigenvalue weighted by Gasteiger charge is -2.07. The van der Waals surface area contributed by atoms with Crippen LogP contribution in [-0.2, 0) is 0 Å². The van der Waals surface area contributed by atoms with E-state index in [1.807, 2.05) is 0 Å². The van der Waals surface area contributed by atoms with Gasteiger partial charge in [0, 0.05) is 25.0 Å². The second-order valence-corrected chi connectivity index (χ2v) is 3.28. The van der Waals surface area contributed by atoms with E-state index >= 15 is 0 Å². The molecule has 2 saturated heterocycles. The molecule has 4 atom stereocenters. The summed E-state index contributed by atoms with van der Waals surface area (Å²) < 4.78 is 0. The normalized spacial score (nSPS) is 73.9. The Morgan fingerprint density at radius 3 is 3.00 bits per heavy atom. The van der Waals surface area contributed by atoms with Crippen molar-refractivity contribution >= 4 is 0 Å². The molecule has 1 spiro atoms. The topological polar surface area (TPSA) is 15.0 Å². The molecule has 8 heavy (non-hydrogen) atoms. The number of likely N-dealkylation sites (N-methyl/N-ethyl adjacent to an activating group) is 1. The van der Waals surface area contributed by atoms with Crippen molar-refractivity contribution in [1.29, 1.82) is 0 Å². The number of fused-ring (bicyclic) bond motifs is 1. The monoisotopic (exact) mass is 110 g/mol. The number of hydrogen-bond acceptors (Lipinski definition) is 2. The van der Waals surface area contributed by atoms with Crippen molar-refractivity contribution in [2.75, 3.05) is 20.1 Å². The predicted molar refractivity (Wildman–Crippen MR) is 30.6 cm³/mol. The Bertz CT molecular complexity index is 151. The first-order chi connectivity index (χ1) is 3.87. The molecule has 4 unspecified atom stereocenters. The zero-order chi connectivity index (χ0) is 5.35. The number of nitrogens with one attached hydrogen (secondary N) is 1. The fourth-order valence-electron chi connectivity index (χ4n) is 2.53. The third-order valence-electron chi connectivity index (χ3n) is 3.20. The fourth-order valence-corrected chi connectivity index (χ4v) is 2.53. The van der Waals surface area contributed by atoms with E-state index in [9.17, 15) is 0 Å². The van der Waals surface area contributed by atoms with E-state index in [1.54, 1.807) is 0 Å². The van der Waals surface area contributed by atoms with Crippen LogP contribution in [0.1, 0.15) is 0 Å². The first-order valence-electron chi connectivity index (χ1n) is 3.31. The largest absolute Gasteiger partial charge is 0.314 e. The van der Waals surface area contributed by atoms with E-state index in [1.165, 1.54) is 13.1 Å². The number of likely N-dealkylation sites (tertiary alicyclic amines) is 1. The molecule has 44 valence electrons. The van der Waals surface area contributed by atoms with Crippen LogP contribution in [0.3, 0.4) is 0 Å². The Morgan fingerprint density at radius 2 is 2.62 bits per heavy atom. The molecule has 0 amide bonds. The van der Waals surface area contributed by atoms with Crippen molar-refractivity contribution in [3.63, 3.8) is 0 Å². The van der Waals surface area contributed by atoms with Gasteiger partial charge in [-0.3, -0.25) is 4.90 Å². The summed E-state index contributed by atoms with van der Waals surface area (Å²) in [5, 5.41) is 3.39. The average molecular weight is 110 g/mol. The summed E-state index contributed by atoms with van der Waals surface area (Å²) >= 11 is 0. The van der Waals surface area contributed by atoms with Gasteiger partial charge in [0.2, 0.25) is 0 Å². The molecule has 1 saturated carbocycles. The molecule has 2 heteroatoms. The Labute approximate surface area is 48.9 Å². The molecular weight excluding hydrogens is 100 g/mol. The summed E-state index contributed by atoms with van der Waals surface area (Å²) in [5.74, 6) is 1.05. The van der Waals surface area contributed by atoms with Crippen molar-refractivity contribution in [3.8, 4) is 0 Å². The Morgan fingerprint density at radius 1 is 1.75 bits per heavy atom. The lowest BCUT2D eigenvalue weighted by Crippen LogP contribution is -2.19. The summed E-state index contributed by atoms with van der Waals surface area (Å²) in [6, 6.07) is 1.00. The van der Waals surface area contributed by atoms with Crippen molar-refractivity contribution in [2.45, 2.75) is 11.6 Å². The molecule has 0 aromatic heterocycles. The fraction of sp³-hybridized carbons (Fsp3) is 1.00. The lowest BCUT2D eigenvalue weighted by molar-refractivity contribution is 0.368. The molecule has 0 radical (unpaired) electrons. The summed E-state index contributed by atoms with van der Waals surface area (Å²) in [6.07, 6.45) is 0. The van der Waals surface area contributed by atoms with Crippen LogP contribution < -0.4 is 5.32 Å². The molecule has 0 aromatic carbocycles. The van der Waals surface area contributed by atoms with E-state index in [0.717, 1.165) is 12.0 Å². The van der Waals surface area contributed by atoms with E-state index in [0.29, 0.717) is 5.54 Å². The van der Waals surface area contributed by atoms with Crippen molar-refractivity contribution in [2.24, 2.45) is 5.92 Å². The standard InChI is InChI=1S/C6H10N2/c1-8-5-4-2-7-3-6(4,5)8/h4-5,7H,2-3H2,1H3. The molecule has 2 heterocycles. The highest BCUT2D eigenvalue weighted by molar-refractivity contribution is 5.42. The van der Waals surface area contributed by atoms with Gasteiger partial charge in [0.25, 0.3) is 0 Å². The van der Waals surface area contributed by atoms with Gasteiger partial charge in [0.05, 0.1) is 5.54 Å². The summed E-state index contributed by atoms with van der Waals surface area (Å²) in [5.41, 5.74) is 0.708. The van der Waals surface area contributed by atoms with Crippen molar-refractivity contribution in [3.05, 3.63) is 0 Å². The van der Waals surface area contributed by atoms with Gasteiger partial charge in [-0.2, -0.15) is 0 Å². The van der Waals surface area contributed by atoms with Gasteiger partial charge >= 0.3 is 0 Å². The lowest BCUT2D eigenvalue weighted by atomic mass is 10.3. The summed E-state index contributed by atoms with van der Waals surface area (Å²) in [7, 11) is 2.23. The maximum atomic E-state index is 3.39.